The number of hydrogen-bond acceptors (Lipinski definition) is 7. The van der Waals surface area contributed by atoms with E-state index in [1.807, 2.05) is 36.6 Å². The van der Waals surface area contributed by atoms with Crippen LogP contribution in [0.1, 0.15) is 18.5 Å². The SMILES string of the molecule is Cc1csc(NC(=O)C2CCCN(c3ccc(-c4ccncc4)nn3)C2)n1. The van der Waals surface area contributed by atoms with E-state index in [0.29, 0.717) is 11.7 Å². The predicted molar refractivity (Wildman–Crippen MR) is 106 cm³/mol. The number of anilines is 2. The summed E-state index contributed by atoms with van der Waals surface area (Å²) in [6, 6.07) is 7.74. The summed E-state index contributed by atoms with van der Waals surface area (Å²) in [6.07, 6.45) is 5.30. The Labute approximate surface area is 161 Å². The number of carbonyl (C=O) groups is 1. The number of carbonyl (C=O) groups excluding carboxylic acids is 1. The van der Waals surface area contributed by atoms with Gasteiger partial charge in [0.05, 0.1) is 17.3 Å². The van der Waals surface area contributed by atoms with Crippen molar-refractivity contribution in [3.05, 3.63) is 47.7 Å². The van der Waals surface area contributed by atoms with Crippen molar-refractivity contribution in [3.8, 4) is 11.3 Å². The largest absolute Gasteiger partial charge is 0.354 e. The van der Waals surface area contributed by atoms with Crippen LogP contribution in [0.5, 0.6) is 0 Å². The quantitative estimate of drug-likeness (QED) is 0.748. The maximum absolute atomic E-state index is 12.6. The molecule has 1 fully saturated rings. The fraction of sp³-hybridized carbons (Fsp3) is 0.316. The van der Waals surface area contributed by atoms with Crippen LogP contribution in [0.2, 0.25) is 0 Å². The van der Waals surface area contributed by atoms with Gasteiger partial charge in [0, 0.05) is 36.4 Å². The Balaban J connectivity index is 1.42. The van der Waals surface area contributed by atoms with E-state index in [1.54, 1.807) is 12.4 Å². The van der Waals surface area contributed by atoms with E-state index in [1.165, 1.54) is 11.3 Å². The fourth-order valence-corrected chi connectivity index (χ4v) is 3.88. The Morgan fingerprint density at radius 3 is 2.78 bits per heavy atom. The van der Waals surface area contributed by atoms with Gasteiger partial charge in [-0.05, 0) is 44.0 Å². The molecule has 0 radical (unpaired) electrons. The number of aryl methyl sites for hydroxylation is 1. The minimum Gasteiger partial charge on any atom is -0.354 e. The molecular weight excluding hydrogens is 360 g/mol. The van der Waals surface area contributed by atoms with Crippen molar-refractivity contribution in [2.45, 2.75) is 19.8 Å². The molecule has 1 unspecified atom stereocenters. The third kappa shape index (κ3) is 4.11. The first-order valence-electron chi connectivity index (χ1n) is 8.91. The van der Waals surface area contributed by atoms with Gasteiger partial charge in [0.2, 0.25) is 5.91 Å². The van der Waals surface area contributed by atoms with Gasteiger partial charge in [0.25, 0.3) is 0 Å². The van der Waals surface area contributed by atoms with Gasteiger partial charge in [-0.2, -0.15) is 0 Å². The molecule has 1 N–H and O–H groups in total. The number of thiazole rings is 1. The van der Waals surface area contributed by atoms with Gasteiger partial charge < -0.3 is 10.2 Å². The molecule has 138 valence electrons. The topological polar surface area (TPSA) is 83.9 Å². The average Bonchev–Trinajstić information content (AvgIpc) is 3.13. The van der Waals surface area contributed by atoms with E-state index in [9.17, 15) is 4.79 Å². The van der Waals surface area contributed by atoms with Crippen molar-refractivity contribution in [2.24, 2.45) is 5.92 Å². The number of hydrogen-bond donors (Lipinski definition) is 1. The first kappa shape index (κ1) is 17.5. The molecule has 0 aliphatic carbocycles. The third-order valence-corrected chi connectivity index (χ3v) is 5.47. The van der Waals surface area contributed by atoms with Crippen molar-refractivity contribution < 1.29 is 4.79 Å². The smallest absolute Gasteiger partial charge is 0.231 e. The van der Waals surface area contributed by atoms with Crippen molar-refractivity contribution >= 4 is 28.2 Å². The highest BCUT2D eigenvalue weighted by atomic mass is 32.1. The highest BCUT2D eigenvalue weighted by Gasteiger charge is 2.27. The average molecular weight is 380 g/mol. The van der Waals surface area contributed by atoms with Gasteiger partial charge in [-0.3, -0.25) is 9.78 Å². The van der Waals surface area contributed by atoms with Gasteiger partial charge in [0.15, 0.2) is 10.9 Å². The van der Waals surface area contributed by atoms with Gasteiger partial charge in [0.1, 0.15) is 0 Å². The number of nitrogens with zero attached hydrogens (tertiary/aromatic N) is 5. The van der Waals surface area contributed by atoms with Crippen LogP contribution in [-0.2, 0) is 4.79 Å². The number of amides is 1. The van der Waals surface area contributed by atoms with E-state index in [4.69, 9.17) is 0 Å². The molecule has 27 heavy (non-hydrogen) atoms. The molecular formula is C19H20N6OS. The Morgan fingerprint density at radius 2 is 2.07 bits per heavy atom. The zero-order chi connectivity index (χ0) is 18.6. The Morgan fingerprint density at radius 1 is 1.22 bits per heavy atom. The summed E-state index contributed by atoms with van der Waals surface area (Å²) in [7, 11) is 0. The molecule has 3 aromatic rings. The summed E-state index contributed by atoms with van der Waals surface area (Å²) in [4.78, 5) is 23.0. The van der Waals surface area contributed by atoms with E-state index < -0.39 is 0 Å². The van der Waals surface area contributed by atoms with E-state index in [2.05, 4.69) is 30.4 Å². The van der Waals surface area contributed by atoms with E-state index in [-0.39, 0.29) is 11.8 Å². The molecule has 1 atom stereocenters. The van der Waals surface area contributed by atoms with Gasteiger partial charge >= 0.3 is 0 Å². The number of pyridine rings is 1. The van der Waals surface area contributed by atoms with Crippen LogP contribution in [0.3, 0.4) is 0 Å². The molecule has 8 heteroatoms. The summed E-state index contributed by atoms with van der Waals surface area (Å²) >= 11 is 1.46. The minimum absolute atomic E-state index is 0.0235. The van der Waals surface area contributed by atoms with E-state index in [0.717, 1.165) is 42.2 Å². The van der Waals surface area contributed by atoms with Crippen LogP contribution in [0.25, 0.3) is 11.3 Å². The fourth-order valence-electron chi connectivity index (χ4n) is 3.19. The van der Waals surface area contributed by atoms with Gasteiger partial charge in [-0.25, -0.2) is 4.98 Å². The highest BCUT2D eigenvalue weighted by molar-refractivity contribution is 7.13. The van der Waals surface area contributed by atoms with Crippen molar-refractivity contribution in [1.82, 2.24) is 20.2 Å². The van der Waals surface area contributed by atoms with Crippen LogP contribution >= 0.6 is 11.3 Å². The van der Waals surface area contributed by atoms with Crippen LogP contribution in [0.4, 0.5) is 10.9 Å². The standard InChI is InChI=1S/C19H20N6OS/c1-13-12-27-19(21-13)22-18(26)15-3-2-10-25(11-15)17-5-4-16(23-24-17)14-6-8-20-9-7-14/h4-9,12,15H,2-3,10-11H2,1H3,(H,21,22,26). The van der Waals surface area contributed by atoms with Crippen LogP contribution in [0.15, 0.2) is 42.0 Å². The summed E-state index contributed by atoms with van der Waals surface area (Å²) < 4.78 is 0. The molecule has 7 nitrogen and oxygen atoms in total. The summed E-state index contributed by atoms with van der Waals surface area (Å²) in [5.41, 5.74) is 2.72. The predicted octanol–water partition coefficient (Wildman–Crippen LogP) is 3.16. The first-order valence-corrected chi connectivity index (χ1v) is 9.79. The second-order valence-corrected chi connectivity index (χ2v) is 7.44. The molecule has 0 saturated carbocycles. The molecule has 4 heterocycles. The zero-order valence-corrected chi connectivity index (χ0v) is 15.8. The van der Waals surface area contributed by atoms with Crippen LogP contribution in [0, 0.1) is 12.8 Å². The minimum atomic E-state index is -0.0790. The lowest BCUT2D eigenvalue weighted by molar-refractivity contribution is -0.120. The lowest BCUT2D eigenvalue weighted by Gasteiger charge is -2.32. The molecule has 0 spiro atoms. The maximum Gasteiger partial charge on any atom is 0.231 e. The molecule has 1 saturated heterocycles. The molecule has 1 amide bonds. The number of nitrogens with one attached hydrogen (secondary N) is 1. The summed E-state index contributed by atoms with van der Waals surface area (Å²) in [5, 5.41) is 14.2. The second-order valence-electron chi connectivity index (χ2n) is 6.58. The molecule has 1 aliphatic rings. The lowest BCUT2D eigenvalue weighted by Crippen LogP contribution is -2.41. The Hall–Kier alpha value is -2.87. The second kappa shape index (κ2) is 7.79. The Bertz CT molecular complexity index is 911. The molecule has 0 aromatic carbocycles. The molecule has 1 aliphatic heterocycles. The molecule has 4 rings (SSSR count). The highest BCUT2D eigenvalue weighted by Crippen LogP contribution is 2.24. The van der Waals surface area contributed by atoms with Crippen molar-refractivity contribution in [1.29, 1.82) is 0 Å². The molecule has 0 bridgehead atoms. The summed E-state index contributed by atoms with van der Waals surface area (Å²) in [5.74, 6) is 0.746. The monoisotopic (exact) mass is 380 g/mol. The zero-order valence-electron chi connectivity index (χ0n) is 15.0. The first-order chi connectivity index (χ1) is 13.2. The lowest BCUT2D eigenvalue weighted by atomic mass is 9.97. The molecule has 3 aromatic heterocycles. The normalized spacial score (nSPS) is 16.9. The number of rotatable bonds is 4. The van der Waals surface area contributed by atoms with Crippen molar-refractivity contribution in [2.75, 3.05) is 23.3 Å². The third-order valence-electron chi connectivity index (χ3n) is 4.59. The number of aromatic nitrogens is 4. The van der Waals surface area contributed by atoms with Crippen LogP contribution < -0.4 is 10.2 Å². The summed E-state index contributed by atoms with van der Waals surface area (Å²) in [6.45, 7) is 3.44. The van der Waals surface area contributed by atoms with Crippen LogP contribution in [-0.4, -0.2) is 39.2 Å². The van der Waals surface area contributed by atoms with E-state index >= 15 is 0 Å². The Kier molecular flexibility index (Phi) is 5.06. The van der Waals surface area contributed by atoms with Gasteiger partial charge in [-0.15, -0.1) is 21.5 Å². The number of piperidine rings is 1. The van der Waals surface area contributed by atoms with Crippen molar-refractivity contribution in [3.63, 3.8) is 0 Å². The van der Waals surface area contributed by atoms with Gasteiger partial charge in [-0.1, -0.05) is 0 Å². The maximum atomic E-state index is 12.6.